The zero-order valence-electron chi connectivity index (χ0n) is 20.6. The van der Waals surface area contributed by atoms with Gasteiger partial charge < -0.3 is 0 Å². The monoisotopic (exact) mass is 413 g/mol. The third kappa shape index (κ3) is 17.0. The van der Waals surface area contributed by atoms with Crippen LogP contribution < -0.4 is 0 Å². The van der Waals surface area contributed by atoms with E-state index in [9.17, 15) is 0 Å². The zero-order chi connectivity index (χ0) is 21.5. The van der Waals surface area contributed by atoms with Crippen molar-refractivity contribution in [1.29, 1.82) is 0 Å². The highest BCUT2D eigenvalue weighted by molar-refractivity contribution is 5.29. The Morgan fingerprint density at radius 1 is 0.467 bits per heavy atom. The van der Waals surface area contributed by atoms with Crippen LogP contribution in [-0.4, -0.2) is 0 Å². The average molecular weight is 414 g/mol. The minimum atomic E-state index is 1.21. The van der Waals surface area contributed by atoms with Gasteiger partial charge in [0.15, 0.2) is 0 Å². The second kappa shape index (κ2) is 21.5. The first-order valence-corrected chi connectivity index (χ1v) is 13.7. The molecule has 1 rings (SSSR count). The maximum atomic E-state index is 4.13. The van der Waals surface area contributed by atoms with E-state index in [-0.39, 0.29) is 0 Å². The predicted molar refractivity (Wildman–Crippen MR) is 137 cm³/mol. The highest BCUT2D eigenvalue weighted by atomic mass is 14.0. The fraction of sp³-hybridized carbons (Fsp3) is 0.767. The van der Waals surface area contributed by atoms with Crippen molar-refractivity contribution < 1.29 is 0 Å². The lowest BCUT2D eigenvalue weighted by atomic mass is 10.0. The Kier molecular flexibility index (Phi) is 19.5. The Labute approximate surface area is 190 Å². The van der Waals surface area contributed by atoms with Crippen LogP contribution in [0.1, 0.15) is 153 Å². The largest absolute Gasteiger partial charge is 0.0654 e. The molecule has 173 valence electrons. The van der Waals surface area contributed by atoms with Gasteiger partial charge in [-0.3, -0.25) is 0 Å². The number of hydrogen-bond donors (Lipinski definition) is 0. The van der Waals surface area contributed by atoms with Gasteiger partial charge in [-0.05, 0) is 30.9 Å². The van der Waals surface area contributed by atoms with Crippen molar-refractivity contribution in [1.82, 2.24) is 0 Å². The molecule has 1 radical (unpaired) electrons. The molecule has 0 N–H and O–H groups in total. The summed E-state index contributed by atoms with van der Waals surface area (Å²) in [7, 11) is 0. The van der Waals surface area contributed by atoms with Gasteiger partial charge in [-0.25, -0.2) is 0 Å². The first-order chi connectivity index (χ1) is 14.8. The van der Waals surface area contributed by atoms with Crippen LogP contribution >= 0.6 is 0 Å². The van der Waals surface area contributed by atoms with Gasteiger partial charge in [0.05, 0.1) is 0 Å². The lowest BCUT2D eigenvalue weighted by molar-refractivity contribution is 0.520. The number of benzene rings is 1. The Morgan fingerprint density at radius 2 is 0.800 bits per heavy atom. The second-order valence-corrected chi connectivity index (χ2v) is 9.59. The normalized spacial score (nSPS) is 11.3. The van der Waals surface area contributed by atoms with E-state index in [1.54, 1.807) is 0 Å². The predicted octanol–water partition coefficient (Wildman–Crippen LogP) is 10.6. The number of rotatable bonds is 22. The summed E-state index contributed by atoms with van der Waals surface area (Å²) in [4.78, 5) is 0. The molecule has 0 bridgehead atoms. The van der Waals surface area contributed by atoms with E-state index < -0.39 is 0 Å². The maximum Gasteiger partial charge on any atom is -0.0235 e. The summed E-state index contributed by atoms with van der Waals surface area (Å²) >= 11 is 0. The maximum absolute atomic E-state index is 4.13. The van der Waals surface area contributed by atoms with E-state index in [0.717, 1.165) is 0 Å². The van der Waals surface area contributed by atoms with Gasteiger partial charge in [0.25, 0.3) is 0 Å². The van der Waals surface area contributed by atoms with Gasteiger partial charge >= 0.3 is 0 Å². The van der Waals surface area contributed by atoms with E-state index >= 15 is 0 Å². The highest BCUT2D eigenvalue weighted by Crippen LogP contribution is 2.16. The van der Waals surface area contributed by atoms with E-state index in [1.807, 2.05) is 0 Å². The van der Waals surface area contributed by atoms with Gasteiger partial charge in [-0.1, -0.05) is 160 Å². The molecule has 0 amide bonds. The van der Waals surface area contributed by atoms with Gasteiger partial charge in [0.2, 0.25) is 0 Å². The molecule has 0 nitrogen and oxygen atoms in total. The average Bonchev–Trinajstić information content (AvgIpc) is 2.76. The molecular formula is C30H53. The smallest absolute Gasteiger partial charge is 0.0235 e. The Bertz CT molecular complexity index is 461. The molecule has 0 atom stereocenters. The van der Waals surface area contributed by atoms with Crippen LogP contribution in [0.3, 0.4) is 0 Å². The molecule has 0 heteroatoms. The lowest BCUT2D eigenvalue weighted by Gasteiger charge is -2.05. The van der Waals surface area contributed by atoms with Gasteiger partial charge in [-0.15, -0.1) is 0 Å². The molecule has 1 aromatic rings. The summed E-state index contributed by atoms with van der Waals surface area (Å²) in [5.41, 5.74) is 2.65. The van der Waals surface area contributed by atoms with Crippen LogP contribution in [0.15, 0.2) is 24.3 Å². The summed E-state index contributed by atoms with van der Waals surface area (Å²) in [6, 6.07) is 8.59. The van der Waals surface area contributed by atoms with Crippen LogP contribution in [0, 0.1) is 6.92 Å². The van der Waals surface area contributed by atoms with Crippen LogP contribution in [0.2, 0.25) is 0 Å². The van der Waals surface area contributed by atoms with Gasteiger partial charge in [0.1, 0.15) is 0 Å². The molecule has 0 saturated heterocycles. The van der Waals surface area contributed by atoms with Crippen molar-refractivity contribution in [2.45, 2.75) is 148 Å². The van der Waals surface area contributed by atoms with E-state index in [0.29, 0.717) is 0 Å². The third-order valence-electron chi connectivity index (χ3n) is 6.67. The minimum Gasteiger partial charge on any atom is -0.0654 e. The van der Waals surface area contributed by atoms with Crippen LogP contribution in [0.4, 0.5) is 0 Å². The number of hydrogen-bond acceptors (Lipinski definition) is 0. The SMILES string of the molecule is [CH2]c1ccccc1CCCCCCCCCCCCCCCCCCCCCCC. The summed E-state index contributed by atoms with van der Waals surface area (Å²) < 4.78 is 0. The summed E-state index contributed by atoms with van der Waals surface area (Å²) in [6.07, 6.45) is 31.7. The summed E-state index contributed by atoms with van der Waals surface area (Å²) in [5.74, 6) is 0. The fourth-order valence-electron chi connectivity index (χ4n) is 4.55. The molecule has 0 fully saturated rings. The summed E-state index contributed by atoms with van der Waals surface area (Å²) in [5, 5.41) is 0. The molecule has 0 saturated carbocycles. The van der Waals surface area contributed by atoms with Gasteiger partial charge in [-0.2, -0.15) is 0 Å². The van der Waals surface area contributed by atoms with Crippen molar-refractivity contribution in [3.05, 3.63) is 42.3 Å². The Hall–Kier alpha value is -0.780. The van der Waals surface area contributed by atoms with Crippen molar-refractivity contribution in [3.63, 3.8) is 0 Å². The second-order valence-electron chi connectivity index (χ2n) is 9.59. The fourth-order valence-corrected chi connectivity index (χ4v) is 4.55. The molecule has 0 aliphatic heterocycles. The quantitative estimate of drug-likeness (QED) is 0.166. The topological polar surface area (TPSA) is 0 Å². The first-order valence-electron chi connectivity index (χ1n) is 13.7. The molecule has 30 heavy (non-hydrogen) atoms. The number of aryl methyl sites for hydroxylation is 1. The standard InChI is InChI=1S/C30H53/c1-3-4-5-6-7-8-9-10-11-12-13-14-15-16-17-18-19-20-21-22-23-27-30-28-25-24-26-29(30)2/h24-26,28H,2-23,27H2,1H3. The Balaban J connectivity index is 1.70. The van der Waals surface area contributed by atoms with Crippen LogP contribution in [0.5, 0.6) is 0 Å². The zero-order valence-corrected chi connectivity index (χ0v) is 20.6. The third-order valence-corrected chi connectivity index (χ3v) is 6.67. The molecule has 0 heterocycles. The van der Waals surface area contributed by atoms with Crippen molar-refractivity contribution in [2.75, 3.05) is 0 Å². The molecule has 1 aromatic carbocycles. The van der Waals surface area contributed by atoms with Crippen molar-refractivity contribution in [3.8, 4) is 0 Å². The summed E-state index contributed by atoms with van der Waals surface area (Å²) in [6.45, 7) is 6.43. The highest BCUT2D eigenvalue weighted by Gasteiger charge is 1.98. The van der Waals surface area contributed by atoms with Crippen molar-refractivity contribution >= 4 is 0 Å². The molecule has 0 aromatic heterocycles. The van der Waals surface area contributed by atoms with E-state index in [1.165, 1.54) is 152 Å². The minimum absolute atomic E-state index is 1.21. The molecule has 0 unspecified atom stereocenters. The Morgan fingerprint density at radius 3 is 1.17 bits per heavy atom. The first kappa shape index (κ1) is 27.3. The number of unbranched alkanes of at least 4 members (excludes halogenated alkanes) is 20. The molecular weight excluding hydrogens is 360 g/mol. The van der Waals surface area contributed by atoms with Gasteiger partial charge in [0, 0.05) is 0 Å². The molecule has 0 spiro atoms. The molecule has 0 aliphatic rings. The molecule has 0 aliphatic carbocycles. The van der Waals surface area contributed by atoms with E-state index in [2.05, 4.69) is 38.1 Å². The van der Waals surface area contributed by atoms with Crippen LogP contribution in [0.25, 0.3) is 0 Å². The van der Waals surface area contributed by atoms with Crippen LogP contribution in [-0.2, 0) is 6.42 Å². The van der Waals surface area contributed by atoms with E-state index in [4.69, 9.17) is 0 Å². The van der Waals surface area contributed by atoms with Crippen molar-refractivity contribution in [2.24, 2.45) is 0 Å². The lowest BCUT2D eigenvalue weighted by Crippen LogP contribution is -1.89.